The Morgan fingerprint density at radius 1 is 0.303 bits per heavy atom. The van der Waals surface area contributed by atoms with Crippen LogP contribution in [0.2, 0.25) is 0 Å². The molecule has 0 unspecified atom stereocenters. The SMILES string of the molecule is CO[B-]1(OC)Oc2ccccc2C=[N+]1CCCCC[N+]1=Cc2ccccc2O[B-]1(OC)OC.CO[B-]1(OC)Oc2ccccc2C=[N+]1CCCCC[N+]1=Cc2ccccc2O[B-]1(OC)OC. The highest BCUT2D eigenvalue weighted by Gasteiger charge is 2.52. The van der Waals surface area contributed by atoms with Crippen molar-refractivity contribution < 1.29 is 73.8 Å². The van der Waals surface area contributed by atoms with Crippen molar-refractivity contribution in [2.75, 3.05) is 83.1 Å². The van der Waals surface area contributed by atoms with Crippen molar-refractivity contribution in [3.05, 3.63) is 119 Å². The molecular formula is C46H64B4N4O12. The number of nitrogens with zero attached hydrogens (tertiary/aromatic N) is 4. The van der Waals surface area contributed by atoms with Crippen LogP contribution in [0.5, 0.6) is 23.0 Å². The van der Waals surface area contributed by atoms with E-state index in [9.17, 15) is 0 Å². The summed E-state index contributed by atoms with van der Waals surface area (Å²) in [5, 5.41) is 0. The van der Waals surface area contributed by atoms with Gasteiger partial charge in [-0.2, -0.15) is 0 Å². The average molecular weight is 908 g/mol. The molecule has 4 heterocycles. The van der Waals surface area contributed by atoms with Crippen LogP contribution in [0.15, 0.2) is 97.1 Å². The third-order valence-electron chi connectivity index (χ3n) is 12.7. The third kappa shape index (κ3) is 10.2. The largest absolute Gasteiger partial charge is 0.753 e. The van der Waals surface area contributed by atoms with E-state index in [-0.39, 0.29) is 0 Å². The lowest BCUT2D eigenvalue weighted by Gasteiger charge is -2.37. The molecule has 4 aromatic rings. The molecule has 20 heteroatoms. The molecule has 0 amide bonds. The van der Waals surface area contributed by atoms with Gasteiger partial charge < -0.3 is 73.8 Å². The smallest absolute Gasteiger partial charge is 0.607 e. The summed E-state index contributed by atoms with van der Waals surface area (Å²) < 4.78 is 78.1. The summed E-state index contributed by atoms with van der Waals surface area (Å²) in [6, 6.07) is 31.5. The van der Waals surface area contributed by atoms with Crippen molar-refractivity contribution in [1.82, 2.24) is 0 Å². The monoisotopic (exact) mass is 908 g/mol. The van der Waals surface area contributed by atoms with E-state index in [1.54, 1.807) is 56.9 Å². The lowest BCUT2D eigenvalue weighted by Crippen LogP contribution is -2.60. The van der Waals surface area contributed by atoms with Gasteiger partial charge in [0.1, 0.15) is 24.9 Å². The van der Waals surface area contributed by atoms with E-state index in [2.05, 4.69) is 24.9 Å². The Morgan fingerprint density at radius 2 is 0.500 bits per heavy atom. The van der Waals surface area contributed by atoms with Gasteiger partial charge in [0, 0.05) is 25.7 Å². The van der Waals surface area contributed by atoms with Gasteiger partial charge in [0.25, 0.3) is 0 Å². The molecule has 0 fully saturated rings. The fourth-order valence-electron chi connectivity index (χ4n) is 9.05. The first-order valence-electron chi connectivity index (χ1n) is 22.7. The summed E-state index contributed by atoms with van der Waals surface area (Å²) in [7, 11) is 12.9. The Labute approximate surface area is 389 Å². The standard InChI is InChI=1S/2C23H32B2N2O6/c2*1-28-24(29-2)26(18-20-12-6-8-14-22(20)32-24)16-10-5-11-17-27-19-21-13-7-9-15-23(21)33-25(27,30-3)31-4/h2*6-9,12-15,18-19H,5,10-11,16-17H2,1-4H3. The fraction of sp³-hybridized carbons (Fsp3) is 0.391. The van der Waals surface area contributed by atoms with Gasteiger partial charge in [-0.15, -0.1) is 0 Å². The van der Waals surface area contributed by atoms with E-state index in [1.807, 2.05) is 115 Å². The summed E-state index contributed by atoms with van der Waals surface area (Å²) >= 11 is 0. The second-order valence-electron chi connectivity index (χ2n) is 16.5. The van der Waals surface area contributed by atoms with Gasteiger partial charge >= 0.3 is 27.6 Å². The number of fused-ring (bicyclic) bond motifs is 4. The Balaban J connectivity index is 0.000000196. The van der Waals surface area contributed by atoms with Crippen LogP contribution in [-0.2, 0) is 37.2 Å². The van der Waals surface area contributed by atoms with Crippen LogP contribution in [0.3, 0.4) is 0 Å². The molecule has 0 saturated heterocycles. The van der Waals surface area contributed by atoms with Crippen LogP contribution >= 0.6 is 0 Å². The van der Waals surface area contributed by atoms with E-state index in [4.69, 9.17) is 55.9 Å². The van der Waals surface area contributed by atoms with Gasteiger partial charge in [-0.25, -0.2) is 0 Å². The van der Waals surface area contributed by atoms with Crippen molar-refractivity contribution in [2.24, 2.45) is 0 Å². The number of benzene rings is 4. The molecule has 0 atom stereocenters. The lowest BCUT2D eigenvalue weighted by atomic mass is 9.90. The molecule has 8 rings (SSSR count). The highest BCUT2D eigenvalue weighted by Crippen LogP contribution is 2.30. The van der Waals surface area contributed by atoms with Crippen LogP contribution in [-0.4, -0.2) is 153 Å². The van der Waals surface area contributed by atoms with Gasteiger partial charge in [-0.05, 0) is 118 Å². The Morgan fingerprint density at radius 3 is 0.697 bits per heavy atom. The quantitative estimate of drug-likeness (QED) is 0.0843. The molecule has 66 heavy (non-hydrogen) atoms. The highest BCUT2D eigenvalue weighted by molar-refractivity contribution is 6.55. The van der Waals surface area contributed by atoms with E-state index in [0.717, 1.165) is 110 Å². The summed E-state index contributed by atoms with van der Waals surface area (Å²) in [4.78, 5) is 0. The van der Waals surface area contributed by atoms with Crippen molar-refractivity contribution in [3.8, 4) is 23.0 Å². The first kappa shape index (κ1) is 48.6. The fourth-order valence-corrected chi connectivity index (χ4v) is 9.05. The maximum atomic E-state index is 6.12. The van der Waals surface area contributed by atoms with Crippen molar-refractivity contribution in [1.29, 1.82) is 0 Å². The molecule has 0 radical (unpaired) electrons. The predicted molar refractivity (Wildman–Crippen MR) is 256 cm³/mol. The molecule has 0 N–H and O–H groups in total. The van der Waals surface area contributed by atoms with E-state index < -0.39 is 27.6 Å². The molecule has 0 aromatic heterocycles. The normalized spacial score (nSPS) is 17.7. The molecule has 0 saturated carbocycles. The summed E-state index contributed by atoms with van der Waals surface area (Å²) in [5.41, 5.74) is 4.04. The molecule has 0 aliphatic carbocycles. The van der Waals surface area contributed by atoms with Gasteiger partial charge in [0.15, 0.2) is 0 Å². The Bertz CT molecular complexity index is 2080. The summed E-state index contributed by atoms with van der Waals surface area (Å²) in [6.45, 7) is -5.18. The average Bonchev–Trinajstić information content (AvgIpc) is 3.37. The van der Waals surface area contributed by atoms with Crippen LogP contribution in [0.1, 0.15) is 60.8 Å². The molecule has 4 aromatic carbocycles. The predicted octanol–water partition coefficient (Wildman–Crippen LogP) is 5.32. The second-order valence-corrected chi connectivity index (χ2v) is 16.5. The summed E-state index contributed by atoms with van der Waals surface area (Å²) in [5.74, 6) is 3.04. The number of hydrogen-bond acceptors (Lipinski definition) is 12. The zero-order valence-electron chi connectivity index (χ0n) is 39.6. The number of rotatable bonds is 20. The van der Waals surface area contributed by atoms with Crippen LogP contribution in [0.4, 0.5) is 0 Å². The van der Waals surface area contributed by atoms with Gasteiger partial charge in [-0.3, -0.25) is 0 Å². The van der Waals surface area contributed by atoms with Crippen LogP contribution in [0.25, 0.3) is 0 Å². The van der Waals surface area contributed by atoms with E-state index in [0.29, 0.717) is 0 Å². The maximum Gasteiger partial charge on any atom is 0.753 e. The minimum atomic E-state index is -2.03. The van der Waals surface area contributed by atoms with Crippen LogP contribution in [0, 0.1) is 0 Å². The third-order valence-corrected chi connectivity index (χ3v) is 12.7. The van der Waals surface area contributed by atoms with Crippen molar-refractivity contribution in [3.63, 3.8) is 0 Å². The van der Waals surface area contributed by atoms with Gasteiger partial charge in [-0.1, -0.05) is 48.5 Å². The minimum absolute atomic E-state index is 0.740. The Hall–Kier alpha value is -5.30. The van der Waals surface area contributed by atoms with E-state index in [1.165, 1.54) is 0 Å². The zero-order valence-corrected chi connectivity index (χ0v) is 39.6. The molecule has 0 spiro atoms. The topological polar surface area (TPSA) is 123 Å². The molecule has 4 aliphatic heterocycles. The number of unbranched alkanes of at least 4 members (excludes halogenated alkanes) is 4. The number of hydrogen-bond donors (Lipinski definition) is 0. The minimum Gasteiger partial charge on any atom is -0.607 e. The molecule has 16 nitrogen and oxygen atoms in total. The molecule has 352 valence electrons. The lowest BCUT2D eigenvalue weighted by molar-refractivity contribution is -0.457. The van der Waals surface area contributed by atoms with Crippen molar-refractivity contribution >= 4 is 52.4 Å². The van der Waals surface area contributed by atoms with Gasteiger partial charge in [0.05, 0.1) is 71.4 Å². The first-order chi connectivity index (χ1) is 32.2. The highest BCUT2D eigenvalue weighted by atomic mass is 16.8. The van der Waals surface area contributed by atoms with Crippen molar-refractivity contribution in [2.45, 2.75) is 38.5 Å². The van der Waals surface area contributed by atoms with Gasteiger partial charge in [0.2, 0.25) is 0 Å². The summed E-state index contributed by atoms with van der Waals surface area (Å²) in [6.07, 6.45) is 13.9. The maximum absolute atomic E-state index is 6.12. The molecular weight excluding hydrogens is 844 g/mol. The zero-order chi connectivity index (χ0) is 46.6. The molecule has 4 aliphatic rings. The van der Waals surface area contributed by atoms with Crippen LogP contribution < -0.4 is 18.6 Å². The van der Waals surface area contributed by atoms with E-state index >= 15 is 0 Å². The first-order valence-corrected chi connectivity index (χ1v) is 22.7. The number of para-hydroxylation sites is 4. The molecule has 0 bridgehead atoms. The Kier molecular flexibility index (Phi) is 16.2. The second kappa shape index (κ2) is 22.0.